The van der Waals surface area contributed by atoms with Crippen LogP contribution >= 0.6 is 0 Å². The van der Waals surface area contributed by atoms with Crippen molar-refractivity contribution in [1.29, 1.82) is 0 Å². The maximum atomic E-state index is 13.5. The van der Waals surface area contributed by atoms with Crippen LogP contribution in [0.4, 0.5) is 10.1 Å². The zero-order chi connectivity index (χ0) is 29.6. The second-order valence-electron chi connectivity index (χ2n) is 10.4. The van der Waals surface area contributed by atoms with Crippen molar-refractivity contribution in [1.82, 2.24) is 16.0 Å². The molecule has 1 saturated carbocycles. The summed E-state index contributed by atoms with van der Waals surface area (Å²) in [5.74, 6) is -1.53. The number of rotatable bonds is 13. The van der Waals surface area contributed by atoms with Crippen LogP contribution < -0.4 is 20.7 Å². The molecule has 0 unspecified atom stereocenters. The Morgan fingerprint density at radius 2 is 1.56 bits per heavy atom. The molecule has 0 aliphatic heterocycles. The summed E-state index contributed by atoms with van der Waals surface area (Å²) >= 11 is 0. The molecule has 5 N–H and O–H groups in total. The van der Waals surface area contributed by atoms with E-state index in [9.17, 15) is 27.5 Å². The normalized spacial score (nSPS) is 15.4. The molecule has 41 heavy (non-hydrogen) atoms. The number of hydrogen-bond acceptors (Lipinski definition) is 6. The largest absolute Gasteiger partial charge is 0.390 e. The predicted molar refractivity (Wildman–Crippen MR) is 156 cm³/mol. The SMILES string of the molecule is C[C@@H](NC(=O)c1cc(NS(C)(=O)=O)cc(C(=O)N[C@@H](Cc2ccccc2)[C@@H](O)CNC2CC2)c1)c1ccc(F)cc1. The Bertz CT molecular complexity index is 1460. The van der Waals surface area contributed by atoms with Gasteiger partial charge in [0.1, 0.15) is 5.82 Å². The van der Waals surface area contributed by atoms with Crippen molar-refractivity contribution in [3.8, 4) is 0 Å². The van der Waals surface area contributed by atoms with Gasteiger partial charge in [-0.05, 0) is 67.6 Å². The number of aliphatic hydroxyl groups excluding tert-OH is 1. The number of sulfonamides is 1. The Labute approximate surface area is 239 Å². The minimum atomic E-state index is -3.72. The highest BCUT2D eigenvalue weighted by atomic mass is 32.2. The molecule has 11 heteroatoms. The van der Waals surface area contributed by atoms with E-state index in [1.54, 1.807) is 19.1 Å². The van der Waals surface area contributed by atoms with Gasteiger partial charge in [-0.25, -0.2) is 12.8 Å². The highest BCUT2D eigenvalue weighted by Crippen LogP contribution is 2.21. The third kappa shape index (κ3) is 9.38. The molecule has 4 rings (SSSR count). The number of aliphatic hydroxyl groups is 1. The van der Waals surface area contributed by atoms with Gasteiger partial charge >= 0.3 is 0 Å². The van der Waals surface area contributed by atoms with Gasteiger partial charge in [0.2, 0.25) is 10.0 Å². The zero-order valence-corrected chi connectivity index (χ0v) is 23.7. The zero-order valence-electron chi connectivity index (χ0n) is 22.9. The van der Waals surface area contributed by atoms with Crippen LogP contribution in [0.15, 0.2) is 72.8 Å². The number of halogens is 1. The lowest BCUT2D eigenvalue weighted by Gasteiger charge is -2.25. The lowest BCUT2D eigenvalue weighted by molar-refractivity contribution is 0.0830. The van der Waals surface area contributed by atoms with Gasteiger partial charge in [-0.2, -0.15) is 0 Å². The first kappa shape index (κ1) is 30.2. The Hall–Kier alpha value is -3.80. The van der Waals surface area contributed by atoms with E-state index >= 15 is 0 Å². The van der Waals surface area contributed by atoms with Crippen LogP contribution in [0.1, 0.15) is 57.7 Å². The third-order valence-corrected chi connectivity index (χ3v) is 7.36. The number of anilines is 1. The van der Waals surface area contributed by atoms with Crippen LogP contribution in [-0.4, -0.2) is 56.3 Å². The van der Waals surface area contributed by atoms with E-state index in [2.05, 4.69) is 20.7 Å². The van der Waals surface area contributed by atoms with Gasteiger partial charge in [0.05, 0.1) is 30.1 Å². The number of benzene rings is 3. The molecule has 1 aliphatic carbocycles. The fourth-order valence-electron chi connectivity index (χ4n) is 4.40. The standard InChI is InChI=1S/C30H35FN4O5S/c1-19(21-8-10-24(31)11-9-21)33-29(37)22-15-23(17-26(16-22)35-41(2,39)40)30(38)34-27(14-20-6-4-3-5-7-20)28(36)18-32-25-12-13-25/h3-11,15-17,19,25,27-28,32,35-36H,12-14,18H2,1-2H3,(H,33,37)(H,34,38)/t19-,27+,28+/m1/s1. The molecule has 3 atom stereocenters. The van der Waals surface area contributed by atoms with E-state index in [-0.39, 0.29) is 16.8 Å². The van der Waals surface area contributed by atoms with Crippen molar-refractivity contribution in [3.05, 3.63) is 101 Å². The van der Waals surface area contributed by atoms with Crippen LogP contribution in [0.2, 0.25) is 0 Å². The molecular formula is C30H35FN4O5S. The molecule has 1 fully saturated rings. The van der Waals surface area contributed by atoms with E-state index in [0.29, 0.717) is 24.6 Å². The molecule has 9 nitrogen and oxygen atoms in total. The Morgan fingerprint density at radius 1 is 0.951 bits per heavy atom. The molecule has 0 radical (unpaired) electrons. The van der Waals surface area contributed by atoms with E-state index in [4.69, 9.17) is 0 Å². The maximum absolute atomic E-state index is 13.5. The average Bonchev–Trinajstić information content (AvgIpc) is 3.75. The predicted octanol–water partition coefficient (Wildman–Crippen LogP) is 3.14. The summed E-state index contributed by atoms with van der Waals surface area (Å²) in [4.78, 5) is 26.7. The van der Waals surface area contributed by atoms with Gasteiger partial charge in [-0.15, -0.1) is 0 Å². The molecule has 0 aromatic heterocycles. The topological polar surface area (TPSA) is 137 Å². The van der Waals surface area contributed by atoms with Crippen molar-refractivity contribution in [2.45, 2.75) is 50.4 Å². The molecule has 0 saturated heterocycles. The summed E-state index contributed by atoms with van der Waals surface area (Å²) in [6.07, 6.45) is 2.54. The van der Waals surface area contributed by atoms with Gasteiger partial charge < -0.3 is 21.1 Å². The van der Waals surface area contributed by atoms with Crippen molar-refractivity contribution >= 4 is 27.5 Å². The highest BCUT2D eigenvalue weighted by Gasteiger charge is 2.27. The second-order valence-corrected chi connectivity index (χ2v) is 12.2. The second kappa shape index (κ2) is 13.2. The van der Waals surface area contributed by atoms with Gasteiger partial charge in [0.15, 0.2) is 0 Å². The number of carbonyl (C=O) groups is 2. The van der Waals surface area contributed by atoms with Crippen LogP contribution in [0.3, 0.4) is 0 Å². The molecule has 0 heterocycles. The number of hydrogen-bond donors (Lipinski definition) is 5. The summed E-state index contributed by atoms with van der Waals surface area (Å²) < 4.78 is 39.6. The smallest absolute Gasteiger partial charge is 0.251 e. The Morgan fingerprint density at radius 3 is 2.15 bits per heavy atom. The van der Waals surface area contributed by atoms with E-state index in [1.807, 2.05) is 30.3 Å². The summed E-state index contributed by atoms with van der Waals surface area (Å²) in [7, 11) is -3.72. The molecule has 0 spiro atoms. The van der Waals surface area contributed by atoms with Crippen LogP contribution in [0.25, 0.3) is 0 Å². The molecule has 3 aromatic rings. The monoisotopic (exact) mass is 582 g/mol. The fraction of sp³-hybridized carbons (Fsp3) is 0.333. The number of amides is 2. The summed E-state index contributed by atoms with van der Waals surface area (Å²) in [5.41, 5.74) is 1.72. The number of carbonyl (C=O) groups excluding carboxylic acids is 2. The lowest BCUT2D eigenvalue weighted by atomic mass is 10.00. The summed E-state index contributed by atoms with van der Waals surface area (Å²) in [6, 6.07) is 18.4. The first-order valence-corrected chi connectivity index (χ1v) is 15.3. The Kier molecular flexibility index (Phi) is 9.74. The van der Waals surface area contributed by atoms with Crippen molar-refractivity contribution < 1.29 is 27.5 Å². The van der Waals surface area contributed by atoms with E-state index in [0.717, 1.165) is 24.7 Å². The van der Waals surface area contributed by atoms with Crippen LogP contribution in [0, 0.1) is 5.82 Å². The quantitative estimate of drug-likeness (QED) is 0.210. The van der Waals surface area contributed by atoms with Crippen molar-refractivity contribution in [3.63, 3.8) is 0 Å². The molecule has 2 amide bonds. The van der Waals surface area contributed by atoms with Crippen molar-refractivity contribution in [2.75, 3.05) is 17.5 Å². The van der Waals surface area contributed by atoms with Crippen LogP contribution in [-0.2, 0) is 16.4 Å². The minimum absolute atomic E-state index is 0.0373. The Balaban J connectivity index is 1.57. The first-order valence-electron chi connectivity index (χ1n) is 13.4. The minimum Gasteiger partial charge on any atom is -0.390 e. The van der Waals surface area contributed by atoms with Gasteiger partial charge in [-0.1, -0.05) is 42.5 Å². The first-order chi connectivity index (χ1) is 19.5. The molecular weight excluding hydrogens is 547 g/mol. The summed E-state index contributed by atoms with van der Waals surface area (Å²) in [5, 5.41) is 19.9. The maximum Gasteiger partial charge on any atom is 0.251 e. The van der Waals surface area contributed by atoms with E-state index in [1.165, 1.54) is 30.3 Å². The number of nitrogens with one attached hydrogen (secondary N) is 4. The fourth-order valence-corrected chi connectivity index (χ4v) is 4.94. The third-order valence-electron chi connectivity index (χ3n) is 6.75. The molecule has 3 aromatic carbocycles. The molecule has 1 aliphatic rings. The average molecular weight is 583 g/mol. The van der Waals surface area contributed by atoms with Gasteiger partial charge in [0.25, 0.3) is 11.8 Å². The van der Waals surface area contributed by atoms with Gasteiger partial charge in [-0.3, -0.25) is 14.3 Å². The lowest BCUT2D eigenvalue weighted by Crippen LogP contribution is -2.49. The molecule has 218 valence electrons. The van der Waals surface area contributed by atoms with E-state index < -0.39 is 45.8 Å². The molecule has 0 bridgehead atoms. The van der Waals surface area contributed by atoms with Crippen molar-refractivity contribution in [2.24, 2.45) is 0 Å². The van der Waals surface area contributed by atoms with Crippen LogP contribution in [0.5, 0.6) is 0 Å². The van der Waals surface area contributed by atoms with Gasteiger partial charge in [0, 0.05) is 23.7 Å². The summed E-state index contributed by atoms with van der Waals surface area (Å²) in [6.45, 7) is 2.02. The highest BCUT2D eigenvalue weighted by molar-refractivity contribution is 7.92.